The number of carbonyl (C=O) groups excluding carboxylic acids is 1. The number of fused-ring (bicyclic) bond motifs is 1. The second-order valence-electron chi connectivity index (χ2n) is 7.73. The zero-order valence-electron chi connectivity index (χ0n) is 15.1. The lowest BCUT2D eigenvalue weighted by atomic mass is 9.91. The largest absolute Gasteiger partial charge is 0.343 e. The third-order valence-corrected chi connectivity index (χ3v) is 5.97. The summed E-state index contributed by atoms with van der Waals surface area (Å²) in [5, 5.41) is 0.937. The fourth-order valence-electron chi connectivity index (χ4n) is 3.98. The molecular formula is C20H29ClN2O. The molecule has 0 saturated carbocycles. The maximum atomic E-state index is 11.4. The number of benzene rings is 1. The standard InChI is InChI=1S/C20H29ClN2O/c1-14(2)18-10-17-6-7-22(13-19(17)20(21)11-18)12-16-4-8-23(9-5-16)15(3)24/h10-11,14,16H,4-9,12-13H2,1-3H3. The molecule has 0 atom stereocenters. The molecule has 0 aliphatic carbocycles. The van der Waals surface area contributed by atoms with Crippen LogP contribution in [-0.2, 0) is 17.8 Å². The van der Waals surface area contributed by atoms with Crippen LogP contribution < -0.4 is 0 Å². The van der Waals surface area contributed by atoms with Gasteiger partial charge >= 0.3 is 0 Å². The monoisotopic (exact) mass is 348 g/mol. The predicted octanol–water partition coefficient (Wildman–Crippen LogP) is 4.08. The quantitative estimate of drug-likeness (QED) is 0.821. The molecule has 0 unspecified atom stereocenters. The molecule has 1 amide bonds. The summed E-state index contributed by atoms with van der Waals surface area (Å²) in [6, 6.07) is 4.51. The molecule has 24 heavy (non-hydrogen) atoms. The molecule has 1 fully saturated rings. The molecule has 0 spiro atoms. The van der Waals surface area contributed by atoms with Crippen molar-refractivity contribution in [2.45, 2.75) is 52.5 Å². The molecular weight excluding hydrogens is 320 g/mol. The highest BCUT2D eigenvalue weighted by Gasteiger charge is 2.25. The molecule has 0 radical (unpaired) electrons. The summed E-state index contributed by atoms with van der Waals surface area (Å²) >= 11 is 6.58. The minimum Gasteiger partial charge on any atom is -0.343 e. The Morgan fingerprint density at radius 2 is 1.96 bits per heavy atom. The van der Waals surface area contributed by atoms with Crippen LogP contribution in [0, 0.1) is 5.92 Å². The summed E-state index contributed by atoms with van der Waals surface area (Å²) in [6.07, 6.45) is 3.35. The third-order valence-electron chi connectivity index (χ3n) is 5.63. The summed E-state index contributed by atoms with van der Waals surface area (Å²) in [4.78, 5) is 16.0. The zero-order valence-corrected chi connectivity index (χ0v) is 15.9. The zero-order chi connectivity index (χ0) is 17.3. The highest BCUT2D eigenvalue weighted by atomic mass is 35.5. The maximum Gasteiger partial charge on any atom is 0.219 e. The molecule has 4 heteroatoms. The Bertz CT molecular complexity index is 606. The minimum atomic E-state index is 0.216. The van der Waals surface area contributed by atoms with Crippen molar-refractivity contribution in [3.63, 3.8) is 0 Å². The summed E-state index contributed by atoms with van der Waals surface area (Å²) in [5.74, 6) is 1.45. The van der Waals surface area contributed by atoms with Gasteiger partial charge in [-0.05, 0) is 53.9 Å². The Morgan fingerprint density at radius 1 is 1.25 bits per heavy atom. The first kappa shape index (κ1) is 17.8. The molecule has 2 heterocycles. The van der Waals surface area contributed by atoms with Gasteiger partial charge in [-0.1, -0.05) is 31.5 Å². The van der Waals surface area contributed by atoms with Crippen molar-refractivity contribution < 1.29 is 4.79 Å². The van der Waals surface area contributed by atoms with Crippen LogP contribution in [0.25, 0.3) is 0 Å². The molecule has 3 rings (SSSR count). The fourth-order valence-corrected chi connectivity index (χ4v) is 4.29. The highest BCUT2D eigenvalue weighted by molar-refractivity contribution is 6.31. The number of piperidine rings is 1. The van der Waals surface area contributed by atoms with Gasteiger partial charge in [0.2, 0.25) is 5.91 Å². The van der Waals surface area contributed by atoms with Crippen LogP contribution >= 0.6 is 11.6 Å². The molecule has 1 saturated heterocycles. The maximum absolute atomic E-state index is 11.4. The van der Waals surface area contributed by atoms with E-state index in [9.17, 15) is 4.79 Å². The molecule has 1 aromatic carbocycles. The van der Waals surface area contributed by atoms with E-state index in [1.54, 1.807) is 6.92 Å². The molecule has 2 aliphatic heterocycles. The fraction of sp³-hybridized carbons (Fsp3) is 0.650. The topological polar surface area (TPSA) is 23.6 Å². The molecule has 2 aliphatic rings. The van der Waals surface area contributed by atoms with Crippen LogP contribution in [-0.4, -0.2) is 41.9 Å². The van der Waals surface area contributed by atoms with E-state index < -0.39 is 0 Å². The smallest absolute Gasteiger partial charge is 0.219 e. The SMILES string of the molecule is CC(=O)N1CCC(CN2CCc3cc(C(C)C)cc(Cl)c3C2)CC1. The van der Waals surface area contributed by atoms with Gasteiger partial charge in [0.25, 0.3) is 0 Å². The van der Waals surface area contributed by atoms with E-state index in [1.807, 2.05) is 4.90 Å². The van der Waals surface area contributed by atoms with Crippen LogP contribution in [0.4, 0.5) is 0 Å². The number of rotatable bonds is 3. The van der Waals surface area contributed by atoms with Gasteiger partial charge in [-0.2, -0.15) is 0 Å². The lowest BCUT2D eigenvalue weighted by Gasteiger charge is -2.36. The average molecular weight is 349 g/mol. The number of hydrogen-bond acceptors (Lipinski definition) is 2. The van der Waals surface area contributed by atoms with Crippen molar-refractivity contribution in [1.29, 1.82) is 0 Å². The summed E-state index contributed by atoms with van der Waals surface area (Å²) in [6.45, 7) is 11.2. The molecule has 132 valence electrons. The van der Waals surface area contributed by atoms with E-state index in [4.69, 9.17) is 11.6 Å². The van der Waals surface area contributed by atoms with Gasteiger partial charge in [0.05, 0.1) is 0 Å². The predicted molar refractivity (Wildman–Crippen MR) is 99.5 cm³/mol. The van der Waals surface area contributed by atoms with E-state index >= 15 is 0 Å². The molecule has 0 bridgehead atoms. The number of amides is 1. The minimum absolute atomic E-state index is 0.216. The second-order valence-corrected chi connectivity index (χ2v) is 8.14. The van der Waals surface area contributed by atoms with E-state index in [-0.39, 0.29) is 5.91 Å². The lowest BCUT2D eigenvalue weighted by Crippen LogP contribution is -2.41. The number of carbonyl (C=O) groups is 1. The number of halogens is 1. The first-order chi connectivity index (χ1) is 11.4. The van der Waals surface area contributed by atoms with E-state index in [1.165, 1.54) is 16.7 Å². The van der Waals surface area contributed by atoms with Gasteiger partial charge < -0.3 is 4.90 Å². The Morgan fingerprint density at radius 3 is 2.58 bits per heavy atom. The van der Waals surface area contributed by atoms with Gasteiger partial charge in [-0.3, -0.25) is 9.69 Å². The van der Waals surface area contributed by atoms with E-state index in [0.29, 0.717) is 11.8 Å². The first-order valence-electron chi connectivity index (χ1n) is 9.23. The lowest BCUT2D eigenvalue weighted by molar-refractivity contribution is -0.130. The molecule has 3 nitrogen and oxygen atoms in total. The average Bonchev–Trinajstić information content (AvgIpc) is 2.55. The Kier molecular flexibility index (Phi) is 5.51. The van der Waals surface area contributed by atoms with Crippen LogP contribution in [0.5, 0.6) is 0 Å². The highest BCUT2D eigenvalue weighted by Crippen LogP contribution is 2.31. The Hall–Kier alpha value is -1.06. The first-order valence-corrected chi connectivity index (χ1v) is 9.61. The van der Waals surface area contributed by atoms with Crippen LogP contribution in [0.1, 0.15) is 56.2 Å². The number of nitrogens with zero attached hydrogens (tertiary/aromatic N) is 2. The van der Waals surface area contributed by atoms with Gasteiger partial charge in [0.1, 0.15) is 0 Å². The molecule has 0 N–H and O–H groups in total. The normalized spacial score (nSPS) is 19.6. The Labute approximate surface area is 151 Å². The van der Waals surface area contributed by atoms with Crippen molar-refractivity contribution in [2.75, 3.05) is 26.2 Å². The summed E-state index contributed by atoms with van der Waals surface area (Å²) in [7, 11) is 0. The summed E-state index contributed by atoms with van der Waals surface area (Å²) in [5.41, 5.74) is 4.12. The Balaban J connectivity index is 1.61. The van der Waals surface area contributed by atoms with Gasteiger partial charge in [0.15, 0.2) is 0 Å². The van der Waals surface area contributed by atoms with E-state index in [2.05, 4.69) is 30.9 Å². The van der Waals surface area contributed by atoms with Crippen LogP contribution in [0.3, 0.4) is 0 Å². The van der Waals surface area contributed by atoms with Crippen molar-refractivity contribution >= 4 is 17.5 Å². The van der Waals surface area contributed by atoms with Gasteiger partial charge in [-0.25, -0.2) is 0 Å². The molecule has 0 aromatic heterocycles. The van der Waals surface area contributed by atoms with Crippen LogP contribution in [0.15, 0.2) is 12.1 Å². The third kappa shape index (κ3) is 3.94. The van der Waals surface area contributed by atoms with Crippen molar-refractivity contribution in [2.24, 2.45) is 5.92 Å². The van der Waals surface area contributed by atoms with Crippen molar-refractivity contribution in [3.05, 3.63) is 33.8 Å². The van der Waals surface area contributed by atoms with Crippen molar-refractivity contribution in [3.8, 4) is 0 Å². The van der Waals surface area contributed by atoms with Gasteiger partial charge in [0, 0.05) is 44.7 Å². The van der Waals surface area contributed by atoms with Crippen LogP contribution in [0.2, 0.25) is 5.02 Å². The molecule has 1 aromatic rings. The number of likely N-dealkylation sites (tertiary alicyclic amines) is 1. The number of hydrogen-bond donors (Lipinski definition) is 0. The van der Waals surface area contributed by atoms with E-state index in [0.717, 1.165) is 57.0 Å². The summed E-state index contributed by atoms with van der Waals surface area (Å²) < 4.78 is 0. The second kappa shape index (κ2) is 7.45. The van der Waals surface area contributed by atoms with Gasteiger partial charge in [-0.15, -0.1) is 0 Å². The van der Waals surface area contributed by atoms with Crippen molar-refractivity contribution in [1.82, 2.24) is 9.80 Å².